The molecule has 0 radical (unpaired) electrons. The summed E-state index contributed by atoms with van der Waals surface area (Å²) in [6.45, 7) is 2.10. The molecular formula is C20H30O3. The third-order valence-corrected chi connectivity index (χ3v) is 4.17. The van der Waals surface area contributed by atoms with Crippen LogP contribution in [0.2, 0.25) is 0 Å². The van der Waals surface area contributed by atoms with Crippen LogP contribution >= 0.6 is 0 Å². The van der Waals surface area contributed by atoms with E-state index in [0.29, 0.717) is 0 Å². The number of unbranched alkanes of at least 4 members (excludes halogenated alkanes) is 6. The van der Waals surface area contributed by atoms with E-state index in [1.165, 1.54) is 32.1 Å². The van der Waals surface area contributed by atoms with Crippen molar-refractivity contribution >= 4 is 5.97 Å². The number of rotatable bonds is 12. The fraction of sp³-hybridized carbons (Fsp3) is 0.550. The molecule has 128 valence electrons. The minimum absolute atomic E-state index is 0.109. The average Bonchev–Trinajstić information content (AvgIpc) is 2.55. The molecule has 23 heavy (non-hydrogen) atoms. The molecule has 0 aliphatic heterocycles. The third-order valence-electron chi connectivity index (χ3n) is 4.17. The molecule has 0 saturated carbocycles. The molecule has 1 rings (SSSR count). The number of carboxylic acids is 1. The van der Waals surface area contributed by atoms with Crippen molar-refractivity contribution in [1.29, 1.82) is 0 Å². The van der Waals surface area contributed by atoms with E-state index >= 15 is 0 Å². The first-order valence-electron chi connectivity index (χ1n) is 8.78. The summed E-state index contributed by atoms with van der Waals surface area (Å²) in [6.07, 6.45) is 10.8. The Balaban J connectivity index is 2.58. The second-order valence-electron chi connectivity index (χ2n) is 6.01. The van der Waals surface area contributed by atoms with E-state index in [2.05, 4.69) is 6.92 Å². The standard InChI is InChI=1S/C20H30O3/c1-2-3-4-5-6-7-9-14-18(15-16-21)19(20(22)23)17-12-10-8-11-13-17/h8,10-13,15,19,21H,2-7,9,14,16H2,1H3,(H,22,23). The number of carbonyl (C=O) groups is 1. The van der Waals surface area contributed by atoms with Gasteiger partial charge in [-0.05, 0) is 18.4 Å². The van der Waals surface area contributed by atoms with Crippen LogP contribution in [-0.4, -0.2) is 22.8 Å². The smallest absolute Gasteiger partial charge is 0.315 e. The van der Waals surface area contributed by atoms with Crippen LogP contribution in [0.3, 0.4) is 0 Å². The van der Waals surface area contributed by atoms with Crippen molar-refractivity contribution in [2.75, 3.05) is 6.61 Å². The molecule has 0 aliphatic rings. The zero-order valence-corrected chi connectivity index (χ0v) is 14.2. The van der Waals surface area contributed by atoms with Crippen molar-refractivity contribution in [1.82, 2.24) is 0 Å². The van der Waals surface area contributed by atoms with E-state index in [9.17, 15) is 15.0 Å². The molecule has 0 saturated heterocycles. The van der Waals surface area contributed by atoms with Gasteiger partial charge in [-0.2, -0.15) is 0 Å². The van der Waals surface area contributed by atoms with Gasteiger partial charge in [-0.3, -0.25) is 4.79 Å². The number of hydrogen-bond donors (Lipinski definition) is 2. The van der Waals surface area contributed by atoms with Gasteiger partial charge in [0.25, 0.3) is 0 Å². The lowest BCUT2D eigenvalue weighted by Crippen LogP contribution is -2.15. The van der Waals surface area contributed by atoms with Crippen LogP contribution in [-0.2, 0) is 4.79 Å². The van der Waals surface area contributed by atoms with Crippen LogP contribution in [0.5, 0.6) is 0 Å². The van der Waals surface area contributed by atoms with Gasteiger partial charge in [0.2, 0.25) is 0 Å². The van der Waals surface area contributed by atoms with Gasteiger partial charge in [0, 0.05) is 0 Å². The van der Waals surface area contributed by atoms with E-state index in [-0.39, 0.29) is 6.61 Å². The molecule has 0 aromatic heterocycles. The minimum atomic E-state index is -0.848. The van der Waals surface area contributed by atoms with Gasteiger partial charge in [-0.1, -0.05) is 87.4 Å². The number of benzene rings is 1. The topological polar surface area (TPSA) is 57.5 Å². The van der Waals surface area contributed by atoms with Crippen molar-refractivity contribution in [3.05, 3.63) is 47.5 Å². The maximum atomic E-state index is 11.7. The van der Waals surface area contributed by atoms with Crippen LogP contribution in [0, 0.1) is 0 Å². The predicted octanol–water partition coefficient (Wildman–Crippen LogP) is 4.91. The summed E-state index contributed by atoms with van der Waals surface area (Å²) in [4.78, 5) is 11.7. The summed E-state index contributed by atoms with van der Waals surface area (Å²) in [5.74, 6) is -1.50. The summed E-state index contributed by atoms with van der Waals surface area (Å²) in [5, 5.41) is 18.8. The second-order valence-corrected chi connectivity index (χ2v) is 6.01. The molecule has 2 N–H and O–H groups in total. The third kappa shape index (κ3) is 7.47. The molecule has 0 heterocycles. The Kier molecular flexibility index (Phi) is 10.0. The molecule has 0 aliphatic carbocycles. The number of carboxylic acid groups (broad SMARTS) is 1. The van der Waals surface area contributed by atoms with Crippen LogP contribution in [0.15, 0.2) is 42.0 Å². The molecule has 0 fully saturated rings. The summed E-state index contributed by atoms with van der Waals surface area (Å²) in [7, 11) is 0. The highest BCUT2D eigenvalue weighted by Gasteiger charge is 2.23. The molecule has 1 atom stereocenters. The Morgan fingerprint density at radius 3 is 2.22 bits per heavy atom. The lowest BCUT2D eigenvalue weighted by atomic mass is 9.87. The number of aliphatic hydroxyl groups excluding tert-OH is 1. The molecular weight excluding hydrogens is 288 g/mol. The summed E-state index contributed by atoms with van der Waals surface area (Å²) >= 11 is 0. The Labute approximate surface area is 140 Å². The number of aliphatic hydroxyl groups is 1. The molecule has 0 amide bonds. The van der Waals surface area contributed by atoms with Crippen molar-refractivity contribution in [3.8, 4) is 0 Å². The first-order valence-corrected chi connectivity index (χ1v) is 8.78. The van der Waals surface area contributed by atoms with Crippen LogP contribution in [0.25, 0.3) is 0 Å². The summed E-state index contributed by atoms with van der Waals surface area (Å²) < 4.78 is 0. The van der Waals surface area contributed by atoms with E-state index < -0.39 is 11.9 Å². The number of aliphatic carboxylic acids is 1. The van der Waals surface area contributed by atoms with E-state index in [1.54, 1.807) is 6.08 Å². The SMILES string of the molecule is CCCCCCCCCC(=CCO)C(C(=O)O)c1ccccc1. The zero-order valence-electron chi connectivity index (χ0n) is 14.2. The Morgan fingerprint density at radius 2 is 1.65 bits per heavy atom. The molecule has 1 aromatic carbocycles. The van der Waals surface area contributed by atoms with Crippen LogP contribution < -0.4 is 0 Å². The maximum Gasteiger partial charge on any atom is 0.315 e. The van der Waals surface area contributed by atoms with Crippen molar-refractivity contribution in [2.45, 2.75) is 64.2 Å². The molecule has 3 heteroatoms. The summed E-state index contributed by atoms with van der Waals surface area (Å²) in [5.41, 5.74) is 1.60. The van der Waals surface area contributed by atoms with Gasteiger partial charge in [0.15, 0.2) is 0 Å². The molecule has 0 bridgehead atoms. The molecule has 3 nitrogen and oxygen atoms in total. The monoisotopic (exact) mass is 318 g/mol. The highest BCUT2D eigenvalue weighted by molar-refractivity contribution is 5.80. The van der Waals surface area contributed by atoms with E-state index in [4.69, 9.17) is 0 Å². The highest BCUT2D eigenvalue weighted by Crippen LogP contribution is 2.28. The zero-order chi connectivity index (χ0) is 16.9. The Bertz CT molecular complexity index is 465. The first-order chi connectivity index (χ1) is 11.2. The van der Waals surface area contributed by atoms with Crippen LogP contribution in [0.1, 0.15) is 69.8 Å². The van der Waals surface area contributed by atoms with Gasteiger partial charge in [0.05, 0.1) is 6.61 Å². The molecule has 1 aromatic rings. The Morgan fingerprint density at radius 1 is 1.04 bits per heavy atom. The lowest BCUT2D eigenvalue weighted by Gasteiger charge is -2.17. The normalized spacial score (nSPS) is 13.0. The first kappa shape index (κ1) is 19.4. The van der Waals surface area contributed by atoms with Gasteiger partial charge in [-0.15, -0.1) is 0 Å². The van der Waals surface area contributed by atoms with Crippen molar-refractivity contribution in [3.63, 3.8) is 0 Å². The predicted molar refractivity (Wildman–Crippen MR) is 94.6 cm³/mol. The van der Waals surface area contributed by atoms with Gasteiger partial charge in [0.1, 0.15) is 5.92 Å². The molecule has 1 unspecified atom stereocenters. The lowest BCUT2D eigenvalue weighted by molar-refractivity contribution is -0.137. The van der Waals surface area contributed by atoms with Crippen molar-refractivity contribution in [2.24, 2.45) is 0 Å². The van der Waals surface area contributed by atoms with E-state index in [0.717, 1.165) is 30.4 Å². The van der Waals surface area contributed by atoms with Crippen molar-refractivity contribution < 1.29 is 15.0 Å². The van der Waals surface area contributed by atoms with Gasteiger partial charge in [-0.25, -0.2) is 0 Å². The fourth-order valence-electron chi connectivity index (χ4n) is 2.93. The van der Waals surface area contributed by atoms with Gasteiger partial charge >= 0.3 is 5.97 Å². The number of hydrogen-bond acceptors (Lipinski definition) is 2. The largest absolute Gasteiger partial charge is 0.481 e. The van der Waals surface area contributed by atoms with E-state index in [1.807, 2.05) is 30.3 Å². The van der Waals surface area contributed by atoms with Crippen LogP contribution in [0.4, 0.5) is 0 Å². The van der Waals surface area contributed by atoms with Gasteiger partial charge < -0.3 is 10.2 Å². The minimum Gasteiger partial charge on any atom is -0.481 e. The maximum absolute atomic E-state index is 11.7. The average molecular weight is 318 g/mol. The summed E-state index contributed by atoms with van der Waals surface area (Å²) in [6, 6.07) is 9.28. The Hall–Kier alpha value is -1.61. The fourth-order valence-corrected chi connectivity index (χ4v) is 2.93. The highest BCUT2D eigenvalue weighted by atomic mass is 16.4. The molecule has 0 spiro atoms. The second kappa shape index (κ2) is 11.9. The quantitative estimate of drug-likeness (QED) is 0.425.